The highest BCUT2D eigenvalue weighted by atomic mass is 79.9. The average Bonchev–Trinajstić information content (AvgIpc) is 2.70. The third kappa shape index (κ3) is 3.35. The normalized spacial score (nSPS) is 20.6. The van der Waals surface area contributed by atoms with Crippen molar-refractivity contribution in [3.05, 3.63) is 14.7 Å². The van der Waals surface area contributed by atoms with Gasteiger partial charge in [0.25, 0.3) is 0 Å². The van der Waals surface area contributed by atoms with Crippen LogP contribution in [0.2, 0.25) is 0 Å². The van der Waals surface area contributed by atoms with Crippen LogP contribution in [0.3, 0.4) is 0 Å². The third-order valence-corrected chi connectivity index (χ3v) is 7.87. The largest absolute Gasteiger partial charge is 0.245 e. The molecule has 1 aliphatic rings. The van der Waals surface area contributed by atoms with Crippen LogP contribution in [-0.4, -0.2) is 25.8 Å². The Kier molecular flexibility index (Phi) is 4.68. The number of rotatable bonds is 3. The van der Waals surface area contributed by atoms with E-state index in [1.165, 1.54) is 11.3 Å². The van der Waals surface area contributed by atoms with E-state index in [4.69, 9.17) is 11.6 Å². The zero-order valence-corrected chi connectivity index (χ0v) is 14.9. The molecule has 0 N–H and O–H groups in total. The van der Waals surface area contributed by atoms with Crippen molar-refractivity contribution >= 4 is 48.9 Å². The molecule has 0 radical (unpaired) electrons. The minimum absolute atomic E-state index is 0.0448. The molecule has 0 aromatic carbocycles. The minimum atomic E-state index is -3.41. The molecular formula is C12H17BrClNO2S2. The fourth-order valence-corrected chi connectivity index (χ4v) is 6.74. The lowest BCUT2D eigenvalue weighted by molar-refractivity contribution is 0.187. The van der Waals surface area contributed by atoms with E-state index in [-0.39, 0.29) is 5.41 Å². The number of hydrogen-bond donors (Lipinski definition) is 0. The van der Waals surface area contributed by atoms with Crippen molar-refractivity contribution in [2.75, 3.05) is 13.1 Å². The van der Waals surface area contributed by atoms with Crippen molar-refractivity contribution in [2.45, 2.75) is 37.5 Å². The highest BCUT2D eigenvalue weighted by Gasteiger charge is 2.35. The molecule has 0 atom stereocenters. The lowest BCUT2D eigenvalue weighted by Gasteiger charge is -2.37. The maximum Gasteiger partial charge on any atom is 0.245 e. The summed E-state index contributed by atoms with van der Waals surface area (Å²) < 4.78 is 27.6. The summed E-state index contributed by atoms with van der Waals surface area (Å²) in [5.74, 6) is 0.338. The van der Waals surface area contributed by atoms with Crippen LogP contribution in [0.25, 0.3) is 0 Å². The first-order valence-electron chi connectivity index (χ1n) is 6.10. The maximum absolute atomic E-state index is 12.7. The molecular weight excluding hydrogens is 370 g/mol. The van der Waals surface area contributed by atoms with Crippen molar-refractivity contribution in [2.24, 2.45) is 5.41 Å². The van der Waals surface area contributed by atoms with Gasteiger partial charge in [-0.25, -0.2) is 8.42 Å². The zero-order valence-electron chi connectivity index (χ0n) is 10.9. The van der Waals surface area contributed by atoms with Gasteiger partial charge in [-0.05, 0) is 40.3 Å². The van der Waals surface area contributed by atoms with Crippen LogP contribution >= 0.6 is 38.9 Å². The Morgan fingerprint density at radius 1 is 1.53 bits per heavy atom. The van der Waals surface area contributed by atoms with Crippen molar-refractivity contribution in [1.82, 2.24) is 4.31 Å². The van der Waals surface area contributed by atoms with Gasteiger partial charge in [-0.15, -0.1) is 22.9 Å². The summed E-state index contributed by atoms with van der Waals surface area (Å²) in [5, 5.41) is 0. The van der Waals surface area contributed by atoms with Crippen LogP contribution in [0.1, 0.15) is 31.6 Å². The van der Waals surface area contributed by atoms with Gasteiger partial charge in [0.15, 0.2) is 0 Å². The number of halogens is 2. The van der Waals surface area contributed by atoms with Crippen LogP contribution in [-0.2, 0) is 15.9 Å². The summed E-state index contributed by atoms with van der Waals surface area (Å²) in [7, 11) is -3.41. The highest BCUT2D eigenvalue weighted by Crippen LogP contribution is 2.37. The summed E-state index contributed by atoms with van der Waals surface area (Å²) in [6.45, 7) is 5.40. The smallest absolute Gasteiger partial charge is 0.207 e. The summed E-state index contributed by atoms with van der Waals surface area (Å²) >= 11 is 10.5. The van der Waals surface area contributed by atoms with Crippen molar-refractivity contribution in [3.8, 4) is 0 Å². The Morgan fingerprint density at radius 3 is 2.74 bits per heavy atom. The Labute approximate surface area is 132 Å². The first-order valence-corrected chi connectivity index (χ1v) is 9.69. The van der Waals surface area contributed by atoms with Gasteiger partial charge < -0.3 is 0 Å². The molecule has 1 fully saturated rings. The number of thiophene rings is 1. The summed E-state index contributed by atoms with van der Waals surface area (Å²) in [6.07, 6.45) is 1.98. The predicted octanol–water partition coefficient (Wildman–Crippen LogP) is 4.06. The fourth-order valence-electron chi connectivity index (χ4n) is 2.35. The average molecular weight is 387 g/mol. The van der Waals surface area contributed by atoms with E-state index in [1.54, 1.807) is 10.4 Å². The number of alkyl halides is 1. The topological polar surface area (TPSA) is 37.4 Å². The van der Waals surface area contributed by atoms with Gasteiger partial charge >= 0.3 is 0 Å². The number of hydrogen-bond acceptors (Lipinski definition) is 3. The molecule has 0 spiro atoms. The molecule has 0 saturated carbocycles. The van der Waals surface area contributed by atoms with Gasteiger partial charge in [0.2, 0.25) is 10.0 Å². The van der Waals surface area contributed by atoms with Gasteiger partial charge in [0, 0.05) is 18.0 Å². The van der Waals surface area contributed by atoms with Gasteiger partial charge in [-0.2, -0.15) is 4.31 Å². The fraction of sp³-hybridized carbons (Fsp3) is 0.667. The van der Waals surface area contributed by atoms with E-state index in [0.29, 0.717) is 27.7 Å². The number of nitrogens with zero attached hydrogens (tertiary/aromatic N) is 1. The van der Waals surface area contributed by atoms with E-state index in [2.05, 4.69) is 29.8 Å². The van der Waals surface area contributed by atoms with Gasteiger partial charge in [0.05, 0.1) is 9.67 Å². The molecule has 108 valence electrons. The molecule has 0 bridgehead atoms. The van der Waals surface area contributed by atoms with Gasteiger partial charge in [-0.3, -0.25) is 0 Å². The molecule has 7 heteroatoms. The highest BCUT2D eigenvalue weighted by molar-refractivity contribution is 9.11. The van der Waals surface area contributed by atoms with E-state index in [9.17, 15) is 8.42 Å². The minimum Gasteiger partial charge on any atom is -0.207 e. The van der Waals surface area contributed by atoms with Crippen molar-refractivity contribution in [3.63, 3.8) is 0 Å². The Hall–Kier alpha value is 0.380. The summed E-state index contributed by atoms with van der Waals surface area (Å²) in [6, 6.07) is 1.68. The van der Waals surface area contributed by atoms with Crippen LogP contribution < -0.4 is 0 Å². The Bertz CT molecular complexity index is 568. The monoisotopic (exact) mass is 385 g/mol. The van der Waals surface area contributed by atoms with E-state index in [1.807, 2.05) is 0 Å². The lowest BCUT2D eigenvalue weighted by Crippen LogP contribution is -2.43. The molecule has 2 rings (SSSR count). The third-order valence-electron chi connectivity index (χ3n) is 3.32. The second-order valence-corrected chi connectivity index (χ2v) is 10.2. The molecule has 0 unspecified atom stereocenters. The summed E-state index contributed by atoms with van der Waals surface area (Å²) in [5.41, 5.74) is 0.0448. The molecule has 0 aliphatic carbocycles. The lowest BCUT2D eigenvalue weighted by atomic mass is 9.85. The molecule has 3 nitrogen and oxygen atoms in total. The van der Waals surface area contributed by atoms with E-state index >= 15 is 0 Å². The Morgan fingerprint density at radius 2 is 2.21 bits per heavy atom. The second kappa shape index (κ2) is 5.64. The number of sulfonamides is 1. The molecule has 1 saturated heterocycles. The van der Waals surface area contributed by atoms with Crippen LogP contribution in [0, 0.1) is 5.41 Å². The molecule has 1 aliphatic heterocycles. The molecule has 19 heavy (non-hydrogen) atoms. The van der Waals surface area contributed by atoms with Crippen LogP contribution in [0.4, 0.5) is 0 Å². The summed E-state index contributed by atoms with van der Waals surface area (Å²) in [4.78, 5) is 1.22. The van der Waals surface area contributed by atoms with Gasteiger partial charge in [-0.1, -0.05) is 13.8 Å². The van der Waals surface area contributed by atoms with Crippen molar-refractivity contribution in [1.29, 1.82) is 0 Å². The SMILES string of the molecule is CC1(C)CCCN(S(=O)(=O)c2cc(CCl)sc2Br)C1. The maximum atomic E-state index is 12.7. The quantitative estimate of drug-likeness (QED) is 0.735. The molecule has 1 aromatic rings. The van der Waals surface area contributed by atoms with Crippen LogP contribution in [0.15, 0.2) is 14.7 Å². The second-order valence-electron chi connectivity index (χ2n) is 5.59. The first kappa shape index (κ1) is 15.8. The predicted molar refractivity (Wildman–Crippen MR) is 83.3 cm³/mol. The number of piperidine rings is 1. The van der Waals surface area contributed by atoms with Gasteiger partial charge in [0.1, 0.15) is 4.90 Å². The Balaban J connectivity index is 2.34. The first-order chi connectivity index (χ1) is 8.76. The molecule has 2 heterocycles. The van der Waals surface area contributed by atoms with E-state index < -0.39 is 10.0 Å². The van der Waals surface area contributed by atoms with E-state index in [0.717, 1.165) is 17.7 Å². The standard InChI is InChI=1S/C12H17BrClNO2S2/c1-12(2)4-3-5-15(8-12)19(16,17)10-6-9(7-14)18-11(10)13/h6H,3-5,7-8H2,1-2H3. The molecule has 0 amide bonds. The van der Waals surface area contributed by atoms with Crippen molar-refractivity contribution < 1.29 is 8.42 Å². The zero-order chi connectivity index (χ0) is 14.3. The van der Waals surface area contributed by atoms with Crippen LogP contribution in [0.5, 0.6) is 0 Å². The molecule has 1 aromatic heterocycles.